The smallest absolute Gasteiger partial charge is 0.330 e. The lowest BCUT2D eigenvalue weighted by Crippen LogP contribution is -2.50. The molecule has 0 aromatic heterocycles. The van der Waals surface area contributed by atoms with Crippen molar-refractivity contribution in [3.05, 3.63) is 12.2 Å². The third kappa shape index (κ3) is 5.85. The maximum absolute atomic E-state index is 10.9. The first kappa shape index (κ1) is 13.6. The number of hydrogen-bond acceptors (Lipinski definition) is 4. The Kier molecular flexibility index (Phi) is 5.62. The molecule has 0 rings (SSSR count). The standard InChI is InChI=1S/C10H18N2O3/c1-4-15-8(13)6-5-7-12-10(2,3)9(11)14/h5-6,12H,4,7H2,1-3H3,(H2,11,14)/b6-5+. The molecule has 0 bridgehead atoms. The van der Waals surface area contributed by atoms with E-state index in [4.69, 9.17) is 5.73 Å². The van der Waals surface area contributed by atoms with Crippen LogP contribution in [0.15, 0.2) is 12.2 Å². The molecular formula is C10H18N2O3. The third-order valence-corrected chi connectivity index (χ3v) is 1.82. The monoisotopic (exact) mass is 214 g/mol. The summed E-state index contributed by atoms with van der Waals surface area (Å²) in [6.45, 7) is 5.82. The van der Waals surface area contributed by atoms with Crippen molar-refractivity contribution in [2.75, 3.05) is 13.2 Å². The van der Waals surface area contributed by atoms with E-state index in [1.807, 2.05) is 0 Å². The zero-order chi connectivity index (χ0) is 11.9. The van der Waals surface area contributed by atoms with Crippen molar-refractivity contribution < 1.29 is 14.3 Å². The number of carbonyl (C=O) groups excluding carboxylic acids is 2. The topological polar surface area (TPSA) is 81.4 Å². The van der Waals surface area contributed by atoms with Gasteiger partial charge < -0.3 is 15.8 Å². The molecule has 0 heterocycles. The fraction of sp³-hybridized carbons (Fsp3) is 0.600. The van der Waals surface area contributed by atoms with Crippen LogP contribution >= 0.6 is 0 Å². The third-order valence-electron chi connectivity index (χ3n) is 1.82. The number of esters is 1. The number of rotatable bonds is 6. The van der Waals surface area contributed by atoms with E-state index in [9.17, 15) is 9.59 Å². The Morgan fingerprint density at radius 2 is 2.07 bits per heavy atom. The zero-order valence-corrected chi connectivity index (χ0v) is 9.37. The maximum atomic E-state index is 10.9. The molecular weight excluding hydrogens is 196 g/mol. The van der Waals surface area contributed by atoms with Gasteiger partial charge in [-0.1, -0.05) is 6.08 Å². The zero-order valence-electron chi connectivity index (χ0n) is 9.37. The molecule has 1 amide bonds. The Morgan fingerprint density at radius 3 is 2.53 bits per heavy atom. The summed E-state index contributed by atoms with van der Waals surface area (Å²) in [5.41, 5.74) is 4.36. The molecule has 5 nitrogen and oxygen atoms in total. The van der Waals surface area contributed by atoms with Gasteiger partial charge in [-0.15, -0.1) is 0 Å². The highest BCUT2D eigenvalue weighted by Gasteiger charge is 2.22. The summed E-state index contributed by atoms with van der Waals surface area (Å²) in [6, 6.07) is 0. The molecule has 0 saturated heterocycles. The first-order chi connectivity index (χ1) is 6.90. The van der Waals surface area contributed by atoms with Crippen LogP contribution in [0, 0.1) is 0 Å². The molecule has 0 aliphatic carbocycles. The van der Waals surface area contributed by atoms with Gasteiger partial charge in [0.2, 0.25) is 5.91 Å². The number of carbonyl (C=O) groups is 2. The van der Waals surface area contributed by atoms with Gasteiger partial charge in [-0.3, -0.25) is 4.79 Å². The van der Waals surface area contributed by atoms with Crippen LogP contribution in [0.3, 0.4) is 0 Å². The van der Waals surface area contributed by atoms with E-state index in [1.54, 1.807) is 26.8 Å². The van der Waals surface area contributed by atoms with Crippen LogP contribution < -0.4 is 11.1 Å². The van der Waals surface area contributed by atoms with Gasteiger partial charge in [0.1, 0.15) is 0 Å². The van der Waals surface area contributed by atoms with E-state index >= 15 is 0 Å². The van der Waals surface area contributed by atoms with Crippen LogP contribution in [0.1, 0.15) is 20.8 Å². The normalized spacial score (nSPS) is 11.7. The number of nitrogens with two attached hydrogens (primary N) is 1. The molecule has 0 radical (unpaired) electrons. The van der Waals surface area contributed by atoms with Crippen molar-refractivity contribution in [3.8, 4) is 0 Å². The number of amides is 1. The van der Waals surface area contributed by atoms with Crippen molar-refractivity contribution in [1.29, 1.82) is 0 Å². The summed E-state index contributed by atoms with van der Waals surface area (Å²) in [5.74, 6) is -0.830. The molecule has 3 N–H and O–H groups in total. The predicted molar refractivity (Wildman–Crippen MR) is 57.0 cm³/mol. The molecule has 5 heteroatoms. The predicted octanol–water partition coefficient (Wildman–Crippen LogP) is -0.0408. The van der Waals surface area contributed by atoms with Crippen LogP contribution in [0.25, 0.3) is 0 Å². The van der Waals surface area contributed by atoms with Gasteiger partial charge in [-0.25, -0.2) is 4.79 Å². The van der Waals surface area contributed by atoms with Crippen molar-refractivity contribution in [2.24, 2.45) is 5.73 Å². The second-order valence-corrected chi connectivity index (χ2v) is 3.52. The van der Waals surface area contributed by atoms with Crippen molar-refractivity contribution in [3.63, 3.8) is 0 Å². The summed E-state index contributed by atoms with van der Waals surface area (Å²) in [7, 11) is 0. The maximum Gasteiger partial charge on any atom is 0.330 e. The fourth-order valence-corrected chi connectivity index (χ4v) is 0.747. The summed E-state index contributed by atoms with van der Waals surface area (Å²) >= 11 is 0. The van der Waals surface area contributed by atoms with E-state index in [0.717, 1.165) is 0 Å². The number of hydrogen-bond donors (Lipinski definition) is 2. The summed E-state index contributed by atoms with van der Waals surface area (Å²) < 4.78 is 4.68. The molecule has 15 heavy (non-hydrogen) atoms. The van der Waals surface area contributed by atoms with E-state index < -0.39 is 17.4 Å². The molecule has 0 saturated carbocycles. The number of primary amides is 1. The van der Waals surface area contributed by atoms with Gasteiger partial charge in [-0.05, 0) is 20.8 Å². The summed E-state index contributed by atoms with van der Waals surface area (Å²) in [6.07, 6.45) is 2.90. The lowest BCUT2D eigenvalue weighted by molar-refractivity contribution is -0.137. The van der Waals surface area contributed by atoms with Gasteiger partial charge in [0.15, 0.2) is 0 Å². The molecule has 0 unspecified atom stereocenters. The lowest BCUT2D eigenvalue weighted by atomic mass is 10.1. The molecule has 0 fully saturated rings. The Labute approximate surface area is 89.7 Å². The largest absolute Gasteiger partial charge is 0.463 e. The molecule has 0 aromatic carbocycles. The molecule has 0 aliphatic rings. The average Bonchev–Trinajstić information content (AvgIpc) is 2.13. The first-order valence-electron chi connectivity index (χ1n) is 4.78. The minimum Gasteiger partial charge on any atom is -0.463 e. The Morgan fingerprint density at radius 1 is 1.47 bits per heavy atom. The van der Waals surface area contributed by atoms with Crippen molar-refractivity contribution in [2.45, 2.75) is 26.3 Å². The second kappa shape index (κ2) is 6.19. The first-order valence-corrected chi connectivity index (χ1v) is 4.78. The van der Waals surface area contributed by atoms with Gasteiger partial charge in [0.05, 0.1) is 12.1 Å². The quantitative estimate of drug-likeness (QED) is 0.480. The van der Waals surface area contributed by atoms with Gasteiger partial charge in [-0.2, -0.15) is 0 Å². The summed E-state index contributed by atoms with van der Waals surface area (Å²) in [5, 5.41) is 2.89. The molecule has 0 aliphatic heterocycles. The van der Waals surface area contributed by atoms with E-state index in [2.05, 4.69) is 10.1 Å². The number of nitrogens with one attached hydrogen (secondary N) is 1. The van der Waals surface area contributed by atoms with E-state index in [0.29, 0.717) is 13.2 Å². The van der Waals surface area contributed by atoms with E-state index in [1.165, 1.54) is 6.08 Å². The second-order valence-electron chi connectivity index (χ2n) is 3.52. The minimum atomic E-state index is -0.779. The van der Waals surface area contributed by atoms with Gasteiger partial charge >= 0.3 is 5.97 Å². The Hall–Kier alpha value is -1.36. The average molecular weight is 214 g/mol. The van der Waals surface area contributed by atoms with Crippen LogP contribution in [-0.2, 0) is 14.3 Å². The van der Waals surface area contributed by atoms with Gasteiger partial charge in [0.25, 0.3) is 0 Å². The Bertz CT molecular complexity index is 259. The van der Waals surface area contributed by atoms with Crippen molar-refractivity contribution in [1.82, 2.24) is 5.32 Å². The van der Waals surface area contributed by atoms with E-state index in [-0.39, 0.29) is 0 Å². The molecule has 0 aromatic rings. The highest BCUT2D eigenvalue weighted by Crippen LogP contribution is 1.98. The van der Waals surface area contributed by atoms with Crippen LogP contribution in [0.4, 0.5) is 0 Å². The SMILES string of the molecule is CCOC(=O)/C=C/CNC(C)(C)C(N)=O. The van der Waals surface area contributed by atoms with Crippen LogP contribution in [-0.4, -0.2) is 30.6 Å². The van der Waals surface area contributed by atoms with Crippen LogP contribution in [0.2, 0.25) is 0 Å². The minimum absolute atomic E-state index is 0.351. The molecule has 86 valence electrons. The highest BCUT2D eigenvalue weighted by atomic mass is 16.5. The number of ether oxygens (including phenoxy) is 1. The molecule has 0 atom stereocenters. The van der Waals surface area contributed by atoms with Crippen LogP contribution in [0.5, 0.6) is 0 Å². The fourth-order valence-electron chi connectivity index (χ4n) is 0.747. The lowest BCUT2D eigenvalue weighted by Gasteiger charge is -2.20. The summed E-state index contributed by atoms with van der Waals surface area (Å²) in [4.78, 5) is 21.8. The Balaban J connectivity index is 3.89. The highest BCUT2D eigenvalue weighted by molar-refractivity contribution is 5.84. The molecule has 0 spiro atoms. The van der Waals surface area contributed by atoms with Gasteiger partial charge in [0, 0.05) is 12.6 Å². The van der Waals surface area contributed by atoms with Crippen molar-refractivity contribution >= 4 is 11.9 Å².